The van der Waals surface area contributed by atoms with Crippen LogP contribution in [-0.2, 0) is 15.3 Å². The first-order valence-electron chi connectivity index (χ1n) is 9.87. The largest absolute Gasteiger partial charge is 0.480 e. The first-order valence-corrected chi connectivity index (χ1v) is 12.0. The average molecular weight is 461 g/mol. The number of carbonyl (C=O) groups excluding carboxylic acids is 2. The first kappa shape index (κ1) is 24.8. The lowest BCUT2D eigenvalue weighted by molar-refractivity contribution is -0.141. The zero-order valence-electron chi connectivity index (χ0n) is 17.9. The van der Waals surface area contributed by atoms with Crippen molar-refractivity contribution in [2.45, 2.75) is 18.7 Å². The summed E-state index contributed by atoms with van der Waals surface area (Å²) in [6.07, 6.45) is 0. The van der Waals surface area contributed by atoms with Crippen molar-refractivity contribution in [3.8, 4) is 0 Å². The summed E-state index contributed by atoms with van der Waals surface area (Å²) in [5.74, 6) is -0.704. The Morgan fingerprint density at radius 3 is 2.23 bits per heavy atom. The molecule has 0 saturated carbocycles. The molecule has 2 N–H and O–H groups in total. The standard InChI is InChI=1S/C23H28N2O4S2/c1-16(13-31-23(29)18-7-5-4-6-8-18)21(26)24-20(22(27)28)15-30-14-17-9-11-19(12-10-17)25(2)3/h4-12,16,20H,13-15H2,1-3H3,(H,24,26)(H,27,28)/t16?,20-/m0/s1. The van der Waals surface area contributed by atoms with Crippen LogP contribution in [0.4, 0.5) is 5.69 Å². The maximum Gasteiger partial charge on any atom is 0.327 e. The number of aliphatic carboxylic acids is 1. The van der Waals surface area contributed by atoms with Crippen LogP contribution in [0.2, 0.25) is 0 Å². The monoisotopic (exact) mass is 460 g/mol. The lowest BCUT2D eigenvalue weighted by Gasteiger charge is -2.17. The Morgan fingerprint density at radius 1 is 1.00 bits per heavy atom. The van der Waals surface area contributed by atoms with Gasteiger partial charge in [-0.1, -0.05) is 61.2 Å². The van der Waals surface area contributed by atoms with E-state index in [4.69, 9.17) is 0 Å². The number of carbonyl (C=O) groups is 3. The minimum atomic E-state index is -1.07. The molecule has 166 valence electrons. The maximum atomic E-state index is 12.4. The molecule has 2 aromatic rings. The molecule has 6 nitrogen and oxygen atoms in total. The molecule has 0 aliphatic rings. The van der Waals surface area contributed by atoms with Gasteiger partial charge in [0.05, 0.1) is 0 Å². The number of amides is 1. The summed E-state index contributed by atoms with van der Waals surface area (Å²) in [5.41, 5.74) is 2.77. The molecule has 0 spiro atoms. The smallest absolute Gasteiger partial charge is 0.327 e. The zero-order chi connectivity index (χ0) is 22.8. The number of nitrogens with zero attached hydrogens (tertiary/aromatic N) is 1. The van der Waals surface area contributed by atoms with Gasteiger partial charge in [-0.2, -0.15) is 11.8 Å². The van der Waals surface area contributed by atoms with Crippen molar-refractivity contribution in [2.24, 2.45) is 5.92 Å². The Morgan fingerprint density at radius 2 is 1.65 bits per heavy atom. The van der Waals surface area contributed by atoms with Crippen molar-refractivity contribution in [1.29, 1.82) is 0 Å². The third-order valence-electron chi connectivity index (χ3n) is 4.54. The SMILES string of the molecule is CC(CSC(=O)c1ccccc1)C(=O)N[C@@H](CSCc1ccc(N(C)C)cc1)C(=O)O. The fourth-order valence-electron chi connectivity index (χ4n) is 2.61. The fourth-order valence-corrected chi connectivity index (χ4v) is 4.47. The van der Waals surface area contributed by atoms with Gasteiger partial charge in [-0.25, -0.2) is 4.79 Å². The van der Waals surface area contributed by atoms with Crippen molar-refractivity contribution in [1.82, 2.24) is 5.32 Å². The van der Waals surface area contributed by atoms with Crippen LogP contribution < -0.4 is 10.2 Å². The molecule has 31 heavy (non-hydrogen) atoms. The van der Waals surface area contributed by atoms with Crippen LogP contribution in [0.25, 0.3) is 0 Å². The molecule has 0 radical (unpaired) electrons. The van der Waals surface area contributed by atoms with Gasteiger partial charge in [0.15, 0.2) is 0 Å². The number of carboxylic acids is 1. The van der Waals surface area contributed by atoms with E-state index in [1.165, 1.54) is 11.8 Å². The average Bonchev–Trinajstić information content (AvgIpc) is 2.77. The molecule has 2 rings (SSSR count). The minimum Gasteiger partial charge on any atom is -0.480 e. The first-order chi connectivity index (χ1) is 14.8. The summed E-state index contributed by atoms with van der Waals surface area (Å²) in [7, 11) is 3.95. The van der Waals surface area contributed by atoms with Gasteiger partial charge in [-0.15, -0.1) is 0 Å². The second kappa shape index (κ2) is 12.4. The lowest BCUT2D eigenvalue weighted by Crippen LogP contribution is -2.45. The number of hydrogen-bond acceptors (Lipinski definition) is 6. The van der Waals surface area contributed by atoms with Crippen LogP contribution in [-0.4, -0.2) is 53.7 Å². The maximum absolute atomic E-state index is 12.4. The number of carboxylic acid groups (broad SMARTS) is 1. The summed E-state index contributed by atoms with van der Waals surface area (Å²) in [6, 6.07) is 15.9. The molecule has 0 bridgehead atoms. The van der Waals surface area contributed by atoms with E-state index in [2.05, 4.69) is 5.32 Å². The van der Waals surface area contributed by atoms with E-state index in [1.807, 2.05) is 49.3 Å². The van der Waals surface area contributed by atoms with Crippen LogP contribution in [0.3, 0.4) is 0 Å². The van der Waals surface area contributed by atoms with Crippen molar-refractivity contribution in [3.63, 3.8) is 0 Å². The highest BCUT2D eigenvalue weighted by molar-refractivity contribution is 8.14. The summed E-state index contributed by atoms with van der Waals surface area (Å²) < 4.78 is 0. The summed E-state index contributed by atoms with van der Waals surface area (Å²) in [4.78, 5) is 38.2. The number of anilines is 1. The molecule has 0 aromatic heterocycles. The Balaban J connectivity index is 1.79. The molecular weight excluding hydrogens is 432 g/mol. The van der Waals surface area contributed by atoms with Crippen molar-refractivity contribution >= 4 is 46.2 Å². The predicted octanol–water partition coefficient (Wildman–Crippen LogP) is 3.76. The van der Waals surface area contributed by atoms with Crippen LogP contribution in [0.5, 0.6) is 0 Å². The lowest BCUT2D eigenvalue weighted by atomic mass is 10.2. The van der Waals surface area contributed by atoms with Crippen molar-refractivity contribution in [3.05, 3.63) is 65.7 Å². The molecular formula is C23H28N2O4S2. The van der Waals surface area contributed by atoms with E-state index in [9.17, 15) is 19.5 Å². The molecule has 8 heteroatoms. The summed E-state index contributed by atoms with van der Waals surface area (Å²) in [6.45, 7) is 1.69. The van der Waals surface area contributed by atoms with E-state index in [0.29, 0.717) is 11.3 Å². The third-order valence-corrected chi connectivity index (χ3v) is 6.81. The Bertz CT molecular complexity index is 873. The van der Waals surface area contributed by atoms with E-state index < -0.39 is 17.9 Å². The van der Waals surface area contributed by atoms with Gasteiger partial charge in [-0.3, -0.25) is 9.59 Å². The van der Waals surface area contributed by atoms with Gasteiger partial charge in [0.2, 0.25) is 11.0 Å². The second-order valence-electron chi connectivity index (χ2n) is 7.34. The van der Waals surface area contributed by atoms with E-state index >= 15 is 0 Å². The van der Waals surface area contributed by atoms with Gasteiger partial charge in [0.1, 0.15) is 6.04 Å². The molecule has 0 saturated heterocycles. The zero-order valence-corrected chi connectivity index (χ0v) is 19.5. The van der Waals surface area contributed by atoms with Gasteiger partial charge >= 0.3 is 5.97 Å². The quantitative estimate of drug-likeness (QED) is 0.528. The molecule has 0 aliphatic carbocycles. The van der Waals surface area contributed by atoms with Gasteiger partial charge in [0.25, 0.3) is 0 Å². The molecule has 0 heterocycles. The van der Waals surface area contributed by atoms with E-state index in [1.54, 1.807) is 31.2 Å². The molecule has 1 amide bonds. The van der Waals surface area contributed by atoms with Gasteiger partial charge < -0.3 is 15.3 Å². The molecule has 2 atom stereocenters. The van der Waals surface area contributed by atoms with Crippen LogP contribution in [0.15, 0.2) is 54.6 Å². The Hall–Kier alpha value is -2.45. The number of hydrogen-bond donors (Lipinski definition) is 2. The van der Waals surface area contributed by atoms with Gasteiger partial charge in [0, 0.05) is 48.5 Å². The van der Waals surface area contributed by atoms with Crippen LogP contribution >= 0.6 is 23.5 Å². The fraction of sp³-hybridized carbons (Fsp3) is 0.348. The highest BCUT2D eigenvalue weighted by Crippen LogP contribution is 2.19. The molecule has 0 aliphatic heterocycles. The Labute approximate surface area is 191 Å². The Kier molecular flexibility index (Phi) is 9.94. The van der Waals surface area contributed by atoms with Crippen molar-refractivity contribution < 1.29 is 19.5 Å². The number of rotatable bonds is 11. The van der Waals surface area contributed by atoms with Crippen molar-refractivity contribution in [2.75, 3.05) is 30.5 Å². The summed E-state index contributed by atoms with van der Waals surface area (Å²) in [5, 5.41) is 12.0. The molecule has 2 aromatic carbocycles. The topological polar surface area (TPSA) is 86.7 Å². The third kappa shape index (κ3) is 8.30. The molecule has 1 unspecified atom stereocenters. The van der Waals surface area contributed by atoms with E-state index in [0.717, 1.165) is 23.0 Å². The van der Waals surface area contributed by atoms with E-state index in [-0.39, 0.29) is 22.5 Å². The normalized spacial score (nSPS) is 12.6. The number of thioether (sulfide) groups is 2. The summed E-state index contributed by atoms with van der Waals surface area (Å²) >= 11 is 2.52. The highest BCUT2D eigenvalue weighted by Gasteiger charge is 2.23. The number of nitrogens with one attached hydrogen (secondary N) is 1. The van der Waals surface area contributed by atoms with Gasteiger partial charge in [-0.05, 0) is 17.7 Å². The predicted molar refractivity (Wildman–Crippen MR) is 129 cm³/mol. The van der Waals surface area contributed by atoms with Crippen LogP contribution in [0, 0.1) is 5.92 Å². The highest BCUT2D eigenvalue weighted by atomic mass is 32.2. The second-order valence-corrected chi connectivity index (χ2v) is 9.36. The molecule has 0 fully saturated rings. The minimum absolute atomic E-state index is 0.106. The number of benzene rings is 2. The van der Waals surface area contributed by atoms with Crippen LogP contribution in [0.1, 0.15) is 22.8 Å².